The smallest absolute Gasteiger partial charge is 0.302 e. The van der Waals surface area contributed by atoms with E-state index in [1.165, 1.54) is 38.5 Å². The molecule has 0 radical (unpaired) electrons. The third-order valence-electron chi connectivity index (χ3n) is 9.27. The Morgan fingerprint density at radius 1 is 1.12 bits per heavy atom. The first-order valence-electron chi connectivity index (χ1n) is 11.1. The number of carbonyl (C=O) groups excluding carboxylic acids is 1. The highest BCUT2D eigenvalue weighted by molar-refractivity contribution is 5.66. The molecule has 7 unspecified atom stereocenters. The summed E-state index contributed by atoms with van der Waals surface area (Å²) in [5.41, 5.74) is 2.54. The fourth-order valence-electron chi connectivity index (χ4n) is 8.10. The topological polar surface area (TPSA) is 26.3 Å². The molecule has 4 aliphatic carbocycles. The molecule has 3 saturated carbocycles. The van der Waals surface area contributed by atoms with Gasteiger partial charge in [0, 0.05) is 13.3 Å². The summed E-state index contributed by atoms with van der Waals surface area (Å²) < 4.78 is 5.57. The van der Waals surface area contributed by atoms with E-state index in [0.717, 1.165) is 42.4 Å². The number of allylic oxidation sites excluding steroid dienone is 1. The van der Waals surface area contributed by atoms with Crippen LogP contribution in [0.15, 0.2) is 11.6 Å². The average molecular weight is 359 g/mol. The summed E-state index contributed by atoms with van der Waals surface area (Å²) >= 11 is 0. The van der Waals surface area contributed by atoms with Gasteiger partial charge in [-0.1, -0.05) is 39.3 Å². The molecule has 4 rings (SSSR count). The van der Waals surface area contributed by atoms with E-state index >= 15 is 0 Å². The van der Waals surface area contributed by atoms with Crippen LogP contribution in [0.4, 0.5) is 0 Å². The van der Waals surface area contributed by atoms with Gasteiger partial charge in [-0.3, -0.25) is 4.79 Å². The van der Waals surface area contributed by atoms with Crippen LogP contribution in [0.5, 0.6) is 0 Å². The molecule has 0 bridgehead atoms. The first-order chi connectivity index (χ1) is 12.3. The summed E-state index contributed by atoms with van der Waals surface area (Å²) in [5.74, 6) is 4.29. The van der Waals surface area contributed by atoms with Crippen molar-refractivity contribution in [3.05, 3.63) is 11.6 Å². The van der Waals surface area contributed by atoms with Gasteiger partial charge in [0.25, 0.3) is 0 Å². The molecule has 0 N–H and O–H groups in total. The summed E-state index contributed by atoms with van der Waals surface area (Å²) in [5, 5.41) is 0. The van der Waals surface area contributed by atoms with E-state index in [1.807, 2.05) is 0 Å². The number of carbonyl (C=O) groups is 1. The second-order valence-corrected chi connectivity index (χ2v) is 10.7. The van der Waals surface area contributed by atoms with Crippen LogP contribution in [0, 0.1) is 40.4 Å². The highest BCUT2D eigenvalue weighted by Crippen LogP contribution is 2.67. The van der Waals surface area contributed by atoms with Gasteiger partial charge in [0.15, 0.2) is 0 Å². The van der Waals surface area contributed by atoms with Crippen molar-refractivity contribution in [1.82, 2.24) is 0 Å². The SMILES string of the molecule is CC(=O)OC1CCC2(C)C(=CCC3C2CCC2(C)C(C(C)C)CCC32)C1. The molecule has 4 aliphatic rings. The molecule has 2 heteroatoms. The van der Waals surface area contributed by atoms with Crippen molar-refractivity contribution in [3.63, 3.8) is 0 Å². The van der Waals surface area contributed by atoms with Crippen molar-refractivity contribution in [2.24, 2.45) is 40.4 Å². The Hall–Kier alpha value is -0.790. The molecule has 7 atom stereocenters. The quantitative estimate of drug-likeness (QED) is 0.437. The Kier molecular flexibility index (Phi) is 4.56. The van der Waals surface area contributed by atoms with Crippen molar-refractivity contribution >= 4 is 5.97 Å². The number of hydrogen-bond donors (Lipinski definition) is 0. The number of rotatable bonds is 2. The Bertz CT molecular complexity index is 605. The minimum absolute atomic E-state index is 0.119. The summed E-state index contributed by atoms with van der Waals surface area (Å²) in [6.07, 6.45) is 12.9. The molecule has 26 heavy (non-hydrogen) atoms. The van der Waals surface area contributed by atoms with Crippen molar-refractivity contribution in [3.8, 4) is 0 Å². The zero-order valence-electron chi connectivity index (χ0n) is 17.5. The molecule has 0 spiro atoms. The van der Waals surface area contributed by atoms with Crippen LogP contribution in [0.25, 0.3) is 0 Å². The van der Waals surface area contributed by atoms with E-state index in [0.29, 0.717) is 10.8 Å². The van der Waals surface area contributed by atoms with Crippen LogP contribution in [0.3, 0.4) is 0 Å². The van der Waals surface area contributed by atoms with Gasteiger partial charge in [0.1, 0.15) is 6.10 Å². The maximum Gasteiger partial charge on any atom is 0.302 e. The van der Waals surface area contributed by atoms with Crippen molar-refractivity contribution in [1.29, 1.82) is 0 Å². The normalized spacial score (nSPS) is 47.6. The van der Waals surface area contributed by atoms with Crippen LogP contribution in [0.1, 0.15) is 86.0 Å². The number of esters is 1. The van der Waals surface area contributed by atoms with E-state index in [4.69, 9.17) is 4.74 Å². The maximum absolute atomic E-state index is 11.4. The van der Waals surface area contributed by atoms with Crippen molar-refractivity contribution in [2.45, 2.75) is 92.1 Å². The number of ether oxygens (including phenoxy) is 1. The van der Waals surface area contributed by atoms with Crippen LogP contribution < -0.4 is 0 Å². The van der Waals surface area contributed by atoms with Gasteiger partial charge in [0.05, 0.1) is 0 Å². The van der Waals surface area contributed by atoms with E-state index < -0.39 is 0 Å². The second-order valence-electron chi connectivity index (χ2n) is 10.7. The highest BCUT2D eigenvalue weighted by atomic mass is 16.5. The summed E-state index contributed by atoms with van der Waals surface area (Å²) in [7, 11) is 0. The molecule has 0 aromatic carbocycles. The third kappa shape index (κ3) is 2.69. The lowest BCUT2D eigenvalue weighted by atomic mass is 9.47. The van der Waals surface area contributed by atoms with E-state index in [1.54, 1.807) is 12.5 Å². The third-order valence-corrected chi connectivity index (χ3v) is 9.27. The number of hydrogen-bond acceptors (Lipinski definition) is 2. The summed E-state index contributed by atoms with van der Waals surface area (Å²) in [4.78, 5) is 11.4. The molecule has 0 amide bonds. The molecular formula is C24H38O2. The lowest BCUT2D eigenvalue weighted by molar-refractivity contribution is -0.148. The second kappa shape index (κ2) is 6.38. The Labute approximate surface area is 160 Å². The van der Waals surface area contributed by atoms with E-state index in [-0.39, 0.29) is 12.1 Å². The average Bonchev–Trinajstić information content (AvgIpc) is 2.92. The maximum atomic E-state index is 11.4. The Balaban J connectivity index is 1.58. The first-order valence-corrected chi connectivity index (χ1v) is 11.1. The van der Waals surface area contributed by atoms with Gasteiger partial charge in [-0.2, -0.15) is 0 Å². The predicted molar refractivity (Wildman–Crippen MR) is 106 cm³/mol. The van der Waals surface area contributed by atoms with Crippen LogP contribution >= 0.6 is 0 Å². The Morgan fingerprint density at radius 2 is 1.88 bits per heavy atom. The lowest BCUT2D eigenvalue weighted by Crippen LogP contribution is -2.51. The molecule has 0 aromatic heterocycles. The van der Waals surface area contributed by atoms with E-state index in [2.05, 4.69) is 33.8 Å². The highest BCUT2D eigenvalue weighted by Gasteiger charge is 2.58. The van der Waals surface area contributed by atoms with Gasteiger partial charge in [-0.15, -0.1) is 0 Å². The van der Waals surface area contributed by atoms with Gasteiger partial charge < -0.3 is 4.74 Å². The molecule has 0 saturated heterocycles. The zero-order chi connectivity index (χ0) is 18.7. The molecule has 146 valence electrons. The van der Waals surface area contributed by atoms with Gasteiger partial charge in [-0.25, -0.2) is 0 Å². The minimum Gasteiger partial charge on any atom is -0.462 e. The van der Waals surface area contributed by atoms with Crippen molar-refractivity contribution in [2.75, 3.05) is 0 Å². The lowest BCUT2D eigenvalue weighted by Gasteiger charge is -2.58. The van der Waals surface area contributed by atoms with Gasteiger partial charge >= 0.3 is 5.97 Å². The fourth-order valence-corrected chi connectivity index (χ4v) is 8.10. The Morgan fingerprint density at radius 3 is 2.58 bits per heavy atom. The number of fused-ring (bicyclic) bond motifs is 5. The molecule has 0 heterocycles. The van der Waals surface area contributed by atoms with Crippen LogP contribution in [-0.4, -0.2) is 12.1 Å². The summed E-state index contributed by atoms with van der Waals surface area (Å²) in [6.45, 7) is 11.6. The monoisotopic (exact) mass is 358 g/mol. The molecular weight excluding hydrogens is 320 g/mol. The van der Waals surface area contributed by atoms with Gasteiger partial charge in [-0.05, 0) is 85.4 Å². The molecule has 3 fully saturated rings. The zero-order valence-corrected chi connectivity index (χ0v) is 17.5. The largest absolute Gasteiger partial charge is 0.462 e. The fraction of sp³-hybridized carbons (Fsp3) is 0.875. The molecule has 2 nitrogen and oxygen atoms in total. The van der Waals surface area contributed by atoms with Gasteiger partial charge in [0.2, 0.25) is 0 Å². The minimum atomic E-state index is -0.119. The van der Waals surface area contributed by atoms with Crippen molar-refractivity contribution < 1.29 is 9.53 Å². The molecule has 0 aliphatic heterocycles. The standard InChI is InChI=1S/C24H38O2/c1-15(2)20-8-9-21-19-7-6-17-14-18(26-16(3)25)10-12-23(17,4)22(19)11-13-24(20,21)5/h6,15,18-22H,7-14H2,1-5H3. The van der Waals surface area contributed by atoms with Crippen LogP contribution in [-0.2, 0) is 9.53 Å². The van der Waals surface area contributed by atoms with E-state index in [9.17, 15) is 4.79 Å². The molecule has 0 aromatic rings. The first kappa shape index (κ1) is 18.6. The predicted octanol–water partition coefficient (Wildman–Crippen LogP) is 6.15. The van der Waals surface area contributed by atoms with Crippen LogP contribution in [0.2, 0.25) is 0 Å². The summed E-state index contributed by atoms with van der Waals surface area (Å²) in [6, 6.07) is 0.